The predicted octanol–water partition coefficient (Wildman–Crippen LogP) is 4.16. The van der Waals surface area contributed by atoms with Gasteiger partial charge in [0.15, 0.2) is 0 Å². The van der Waals surface area contributed by atoms with Gasteiger partial charge in [0.25, 0.3) is 0 Å². The van der Waals surface area contributed by atoms with Crippen molar-refractivity contribution in [2.75, 3.05) is 19.6 Å². The van der Waals surface area contributed by atoms with Crippen molar-refractivity contribution in [2.24, 2.45) is 5.41 Å². The molecule has 1 atom stereocenters. The molecule has 0 aromatic heterocycles. The van der Waals surface area contributed by atoms with Crippen LogP contribution in [0.3, 0.4) is 0 Å². The van der Waals surface area contributed by atoms with Gasteiger partial charge in [-0.15, -0.1) is 0 Å². The lowest BCUT2D eigenvalue weighted by atomic mass is 9.61. The third kappa shape index (κ3) is 3.44. The number of nitrogens with zero attached hydrogens (tertiary/aromatic N) is 1. The largest absolute Gasteiger partial charge is 0.355 e. The van der Waals surface area contributed by atoms with Gasteiger partial charge in [-0.1, -0.05) is 48.9 Å². The van der Waals surface area contributed by atoms with E-state index >= 15 is 0 Å². The summed E-state index contributed by atoms with van der Waals surface area (Å²) >= 11 is 0. The highest BCUT2D eigenvalue weighted by Crippen LogP contribution is 2.51. The van der Waals surface area contributed by atoms with E-state index in [1.54, 1.807) is 0 Å². The first-order chi connectivity index (χ1) is 15.0. The fourth-order valence-corrected chi connectivity index (χ4v) is 6.00. The monoisotopic (exact) mass is 420 g/mol. The van der Waals surface area contributed by atoms with E-state index in [4.69, 9.17) is 0 Å². The van der Waals surface area contributed by atoms with E-state index in [9.17, 15) is 14.0 Å². The third-order valence-corrected chi connectivity index (χ3v) is 8.02. The maximum absolute atomic E-state index is 13.6. The minimum absolute atomic E-state index is 0.0814. The van der Waals surface area contributed by atoms with Crippen LogP contribution in [0.25, 0.3) is 0 Å². The zero-order chi connectivity index (χ0) is 21.5. The number of halogens is 1. The Hall–Kier alpha value is -2.69. The Morgan fingerprint density at radius 1 is 0.968 bits per heavy atom. The van der Waals surface area contributed by atoms with Crippen molar-refractivity contribution in [3.05, 3.63) is 71.5 Å². The number of carbonyl (C=O) groups excluding carboxylic acids is 2. The number of likely N-dealkylation sites (tertiary alicyclic amines) is 1. The highest BCUT2D eigenvalue weighted by Gasteiger charge is 2.51. The van der Waals surface area contributed by atoms with E-state index < -0.39 is 0 Å². The van der Waals surface area contributed by atoms with Gasteiger partial charge in [-0.25, -0.2) is 4.39 Å². The first-order valence-electron chi connectivity index (χ1n) is 11.4. The molecule has 2 aliphatic heterocycles. The summed E-state index contributed by atoms with van der Waals surface area (Å²) in [5.74, 6) is 0.232. The van der Waals surface area contributed by atoms with Gasteiger partial charge in [0.05, 0.1) is 5.41 Å². The van der Waals surface area contributed by atoms with Gasteiger partial charge in [-0.05, 0) is 54.4 Å². The molecule has 3 aliphatic rings. The fraction of sp³-hybridized carbons (Fsp3) is 0.462. The number of hydrogen-bond acceptors (Lipinski definition) is 2. The summed E-state index contributed by atoms with van der Waals surface area (Å²) in [7, 11) is 0. The third-order valence-electron chi connectivity index (χ3n) is 8.02. The first kappa shape index (κ1) is 20.2. The van der Waals surface area contributed by atoms with Crippen LogP contribution in [0.1, 0.15) is 55.6 Å². The highest BCUT2D eigenvalue weighted by atomic mass is 19.1. The number of carbonyl (C=O) groups is 2. The Morgan fingerprint density at radius 2 is 1.65 bits per heavy atom. The number of amides is 2. The van der Waals surface area contributed by atoms with E-state index in [0.717, 1.165) is 43.2 Å². The van der Waals surface area contributed by atoms with Crippen LogP contribution in [0.5, 0.6) is 0 Å². The van der Waals surface area contributed by atoms with Crippen LogP contribution in [0.15, 0.2) is 54.6 Å². The summed E-state index contributed by atoms with van der Waals surface area (Å²) in [5.41, 5.74) is 1.66. The number of hydrogen-bond donors (Lipinski definition) is 1. The van der Waals surface area contributed by atoms with Gasteiger partial charge in [-0.2, -0.15) is 0 Å². The molecule has 0 bridgehead atoms. The van der Waals surface area contributed by atoms with Crippen LogP contribution in [0, 0.1) is 11.2 Å². The standard InChI is InChI=1S/C26H29FN2O2/c27-21-9-7-19(8-10-21)22-18-28-23(30)17-25(22)13-15-29(16-14-25)24(31)26(11-4-12-26)20-5-2-1-3-6-20/h1-3,5-10,22H,4,11-18H2,(H,28,30)/t22-/m0/s1. The molecule has 5 rings (SSSR count). The van der Waals surface area contributed by atoms with Crippen LogP contribution in [0.2, 0.25) is 0 Å². The Bertz CT molecular complexity index is 961. The molecule has 2 heterocycles. The molecule has 1 aliphatic carbocycles. The molecule has 3 fully saturated rings. The number of benzene rings is 2. The maximum atomic E-state index is 13.6. The van der Waals surface area contributed by atoms with Crippen LogP contribution in [-0.4, -0.2) is 36.3 Å². The second-order valence-electron chi connectivity index (χ2n) is 9.54. The molecule has 4 nitrogen and oxygen atoms in total. The van der Waals surface area contributed by atoms with Gasteiger partial charge in [0.2, 0.25) is 11.8 Å². The topological polar surface area (TPSA) is 49.4 Å². The fourth-order valence-electron chi connectivity index (χ4n) is 6.00. The SMILES string of the molecule is O=C1CC2(CCN(C(=O)C3(c4ccccc4)CCC3)CC2)[C@H](c2ccc(F)cc2)CN1. The van der Waals surface area contributed by atoms with Gasteiger partial charge in [0.1, 0.15) is 5.82 Å². The highest BCUT2D eigenvalue weighted by molar-refractivity contribution is 5.89. The second-order valence-corrected chi connectivity index (χ2v) is 9.54. The molecule has 0 unspecified atom stereocenters. The molecule has 5 heteroatoms. The zero-order valence-corrected chi connectivity index (χ0v) is 17.8. The molecule has 2 saturated heterocycles. The number of rotatable bonds is 3. The van der Waals surface area contributed by atoms with Crippen LogP contribution in [0.4, 0.5) is 4.39 Å². The lowest BCUT2D eigenvalue weighted by Crippen LogP contribution is -2.57. The summed E-state index contributed by atoms with van der Waals surface area (Å²) in [6.45, 7) is 1.93. The van der Waals surface area contributed by atoms with E-state index in [1.165, 1.54) is 12.1 Å². The molecule has 2 aromatic rings. The Balaban J connectivity index is 1.36. The summed E-state index contributed by atoms with van der Waals surface area (Å²) in [6.07, 6.45) is 5.00. The summed E-state index contributed by atoms with van der Waals surface area (Å²) in [4.78, 5) is 28.0. The quantitative estimate of drug-likeness (QED) is 0.811. The van der Waals surface area contributed by atoms with Crippen molar-refractivity contribution in [2.45, 2.75) is 49.9 Å². The van der Waals surface area contributed by atoms with Crippen molar-refractivity contribution in [1.82, 2.24) is 10.2 Å². The summed E-state index contributed by atoms with van der Waals surface area (Å²) < 4.78 is 13.5. The van der Waals surface area contributed by atoms with Crippen molar-refractivity contribution in [1.29, 1.82) is 0 Å². The van der Waals surface area contributed by atoms with Crippen molar-refractivity contribution in [3.8, 4) is 0 Å². The second kappa shape index (κ2) is 7.77. The summed E-state index contributed by atoms with van der Waals surface area (Å²) in [6, 6.07) is 16.9. The molecule has 1 N–H and O–H groups in total. The minimum atomic E-state index is -0.369. The normalized spacial score (nSPS) is 24.4. The van der Waals surface area contributed by atoms with Crippen LogP contribution in [-0.2, 0) is 15.0 Å². The van der Waals surface area contributed by atoms with Gasteiger partial charge >= 0.3 is 0 Å². The van der Waals surface area contributed by atoms with Gasteiger partial charge in [0, 0.05) is 32.0 Å². The molecule has 0 radical (unpaired) electrons. The average Bonchev–Trinajstić information content (AvgIpc) is 2.75. The smallest absolute Gasteiger partial charge is 0.233 e. The van der Waals surface area contributed by atoms with Crippen molar-refractivity contribution < 1.29 is 14.0 Å². The maximum Gasteiger partial charge on any atom is 0.233 e. The number of nitrogens with one attached hydrogen (secondary N) is 1. The molecule has 1 saturated carbocycles. The van der Waals surface area contributed by atoms with Crippen molar-refractivity contribution in [3.63, 3.8) is 0 Å². The van der Waals surface area contributed by atoms with Crippen LogP contribution >= 0.6 is 0 Å². The van der Waals surface area contributed by atoms with Gasteiger partial charge in [-0.3, -0.25) is 9.59 Å². The lowest BCUT2D eigenvalue weighted by molar-refractivity contribution is -0.144. The molecule has 2 amide bonds. The molecule has 2 aromatic carbocycles. The Labute approximate surface area is 182 Å². The van der Waals surface area contributed by atoms with Crippen molar-refractivity contribution >= 4 is 11.8 Å². The average molecular weight is 421 g/mol. The predicted molar refractivity (Wildman–Crippen MR) is 117 cm³/mol. The lowest BCUT2D eigenvalue weighted by Gasteiger charge is -2.51. The zero-order valence-electron chi connectivity index (χ0n) is 17.8. The molecule has 1 spiro atoms. The van der Waals surface area contributed by atoms with E-state index in [1.807, 2.05) is 35.2 Å². The molecular weight excluding hydrogens is 391 g/mol. The van der Waals surface area contributed by atoms with E-state index in [0.29, 0.717) is 26.1 Å². The van der Waals surface area contributed by atoms with Crippen LogP contribution < -0.4 is 5.32 Å². The number of piperidine rings is 2. The molecule has 162 valence electrons. The van der Waals surface area contributed by atoms with E-state index in [-0.39, 0.29) is 34.4 Å². The molecule has 31 heavy (non-hydrogen) atoms. The summed E-state index contributed by atoms with van der Waals surface area (Å²) in [5, 5.41) is 3.00. The van der Waals surface area contributed by atoms with E-state index in [2.05, 4.69) is 17.4 Å². The first-order valence-corrected chi connectivity index (χ1v) is 11.4. The minimum Gasteiger partial charge on any atom is -0.355 e. The molecular formula is C26H29FN2O2. The Morgan fingerprint density at radius 3 is 2.26 bits per heavy atom. The van der Waals surface area contributed by atoms with Gasteiger partial charge < -0.3 is 10.2 Å². The Kier molecular flexibility index (Phi) is 5.07.